The van der Waals surface area contributed by atoms with Crippen LogP contribution in [0.15, 0.2) is 23.2 Å². The van der Waals surface area contributed by atoms with E-state index in [-0.39, 0.29) is 24.0 Å². The Morgan fingerprint density at radius 1 is 1.10 bits per heavy atom. The van der Waals surface area contributed by atoms with E-state index in [2.05, 4.69) is 32.3 Å². The number of nitrogens with one attached hydrogen (secondary N) is 2. The van der Waals surface area contributed by atoms with E-state index in [4.69, 9.17) is 14.5 Å². The Bertz CT molecular complexity index is 870. The van der Waals surface area contributed by atoms with E-state index in [9.17, 15) is 0 Å². The lowest BCUT2D eigenvalue weighted by Gasteiger charge is -2.13. The second-order valence-corrected chi connectivity index (χ2v) is 7.70. The Labute approximate surface area is 201 Å². The van der Waals surface area contributed by atoms with Gasteiger partial charge in [0, 0.05) is 50.7 Å². The molecule has 8 nitrogen and oxygen atoms in total. The maximum absolute atomic E-state index is 5.78. The second kappa shape index (κ2) is 12.1. The molecule has 9 heteroatoms. The van der Waals surface area contributed by atoms with Crippen molar-refractivity contribution in [3.05, 3.63) is 29.8 Å². The van der Waals surface area contributed by atoms with Crippen LogP contribution >= 0.6 is 24.0 Å². The molecule has 4 rings (SSSR count). The molecule has 1 aromatic heterocycles. The molecule has 3 heterocycles. The van der Waals surface area contributed by atoms with Crippen LogP contribution in [-0.4, -0.2) is 47.0 Å². The molecule has 31 heavy (non-hydrogen) atoms. The average Bonchev–Trinajstić information content (AvgIpc) is 2.93. The van der Waals surface area contributed by atoms with Crippen LogP contribution < -0.4 is 20.1 Å². The van der Waals surface area contributed by atoms with Crippen molar-refractivity contribution in [3.63, 3.8) is 0 Å². The fraction of sp³-hybridized carbons (Fsp3) is 0.591. The van der Waals surface area contributed by atoms with Crippen LogP contribution in [0.3, 0.4) is 0 Å². The van der Waals surface area contributed by atoms with Gasteiger partial charge in [-0.3, -0.25) is 4.99 Å². The summed E-state index contributed by atoms with van der Waals surface area (Å²) < 4.78 is 13.8. The fourth-order valence-corrected chi connectivity index (χ4v) is 3.84. The average molecular weight is 540 g/mol. The minimum Gasteiger partial charge on any atom is -0.490 e. The summed E-state index contributed by atoms with van der Waals surface area (Å²) in [5.74, 6) is 4.60. The van der Waals surface area contributed by atoms with Gasteiger partial charge < -0.3 is 24.7 Å². The number of ether oxygens (including phenoxy) is 2. The smallest absolute Gasteiger partial charge is 0.195 e. The number of aromatic nitrogens is 3. The molecule has 0 spiro atoms. The molecule has 0 atom stereocenters. The van der Waals surface area contributed by atoms with Gasteiger partial charge in [-0.25, -0.2) is 0 Å². The first-order valence-electron chi connectivity index (χ1n) is 11.2. The highest BCUT2D eigenvalue weighted by atomic mass is 127. The number of hydrogen-bond donors (Lipinski definition) is 2. The molecule has 0 radical (unpaired) electrons. The van der Waals surface area contributed by atoms with Gasteiger partial charge >= 0.3 is 0 Å². The van der Waals surface area contributed by atoms with Gasteiger partial charge in [0.15, 0.2) is 17.5 Å². The molecular formula is C22H33IN6O2. The molecule has 2 aliphatic heterocycles. The third-order valence-electron chi connectivity index (χ3n) is 5.37. The van der Waals surface area contributed by atoms with E-state index < -0.39 is 0 Å². The maximum Gasteiger partial charge on any atom is 0.195 e. The summed E-state index contributed by atoms with van der Waals surface area (Å²) in [6, 6.07) is 5.91. The van der Waals surface area contributed by atoms with E-state index in [1.807, 2.05) is 18.2 Å². The number of anilines is 1. The first kappa shape index (κ1) is 23.6. The highest BCUT2D eigenvalue weighted by molar-refractivity contribution is 14.0. The standard InChI is InChI=1S/C22H32N6O2.HI/c1-2-23-22(25-17-10-11-18-19(16-17)30-15-7-14-29-18)24-12-6-9-21-27-26-20-8-4-3-5-13-28(20)21;/h10-11,16H,2-9,12-15H2,1H3,(H2,23,24,25);1H. The number of hydrogen-bond acceptors (Lipinski definition) is 5. The van der Waals surface area contributed by atoms with Crippen molar-refractivity contribution in [2.45, 2.75) is 58.4 Å². The monoisotopic (exact) mass is 540 g/mol. The number of halogens is 1. The Morgan fingerprint density at radius 2 is 1.97 bits per heavy atom. The first-order valence-corrected chi connectivity index (χ1v) is 11.2. The molecule has 0 unspecified atom stereocenters. The van der Waals surface area contributed by atoms with Gasteiger partial charge in [0.25, 0.3) is 0 Å². The molecule has 0 saturated carbocycles. The van der Waals surface area contributed by atoms with Crippen molar-refractivity contribution in [2.24, 2.45) is 4.99 Å². The van der Waals surface area contributed by atoms with Crippen molar-refractivity contribution < 1.29 is 9.47 Å². The molecule has 2 N–H and O–H groups in total. The summed E-state index contributed by atoms with van der Waals surface area (Å²) in [5, 5.41) is 15.5. The summed E-state index contributed by atoms with van der Waals surface area (Å²) in [4.78, 5) is 4.73. The fourth-order valence-electron chi connectivity index (χ4n) is 3.84. The highest BCUT2D eigenvalue weighted by Crippen LogP contribution is 2.32. The zero-order valence-electron chi connectivity index (χ0n) is 18.2. The van der Waals surface area contributed by atoms with Crippen molar-refractivity contribution in [3.8, 4) is 11.5 Å². The van der Waals surface area contributed by atoms with Crippen LogP contribution in [0.2, 0.25) is 0 Å². The predicted octanol–water partition coefficient (Wildman–Crippen LogP) is 3.79. The van der Waals surface area contributed by atoms with E-state index in [0.717, 1.165) is 80.1 Å². The largest absolute Gasteiger partial charge is 0.490 e. The molecular weight excluding hydrogens is 507 g/mol. The van der Waals surface area contributed by atoms with Crippen molar-refractivity contribution in [2.75, 3.05) is 31.6 Å². The van der Waals surface area contributed by atoms with Crippen molar-refractivity contribution in [1.82, 2.24) is 20.1 Å². The van der Waals surface area contributed by atoms with Crippen molar-refractivity contribution >= 4 is 35.6 Å². The lowest BCUT2D eigenvalue weighted by molar-refractivity contribution is 0.297. The molecule has 170 valence electrons. The van der Waals surface area contributed by atoms with E-state index >= 15 is 0 Å². The van der Waals surface area contributed by atoms with Crippen LogP contribution in [0.1, 0.15) is 50.7 Å². The summed E-state index contributed by atoms with van der Waals surface area (Å²) in [6.07, 6.45) is 7.52. The van der Waals surface area contributed by atoms with Gasteiger partial charge in [0.2, 0.25) is 0 Å². The maximum atomic E-state index is 5.78. The molecule has 0 saturated heterocycles. The molecule has 0 bridgehead atoms. The van der Waals surface area contributed by atoms with E-state index in [0.29, 0.717) is 13.2 Å². The number of aliphatic imine (C=N–C) groups is 1. The second-order valence-electron chi connectivity index (χ2n) is 7.70. The predicted molar refractivity (Wildman–Crippen MR) is 133 cm³/mol. The Morgan fingerprint density at radius 3 is 2.84 bits per heavy atom. The van der Waals surface area contributed by atoms with E-state index in [1.165, 1.54) is 19.3 Å². The summed E-state index contributed by atoms with van der Waals surface area (Å²) in [7, 11) is 0. The number of rotatable bonds is 6. The lowest BCUT2D eigenvalue weighted by Crippen LogP contribution is -2.30. The summed E-state index contributed by atoms with van der Waals surface area (Å²) >= 11 is 0. The quantitative estimate of drug-likeness (QED) is 0.251. The van der Waals surface area contributed by atoms with Crippen LogP contribution in [0.5, 0.6) is 11.5 Å². The van der Waals surface area contributed by atoms with Gasteiger partial charge in [-0.15, -0.1) is 34.2 Å². The SMILES string of the molecule is CCNC(=NCCCc1nnc2n1CCCCC2)Nc1ccc2c(c1)OCCCO2.I. The van der Waals surface area contributed by atoms with Gasteiger partial charge in [0.1, 0.15) is 11.6 Å². The zero-order valence-corrected chi connectivity index (χ0v) is 20.6. The van der Waals surface area contributed by atoms with Crippen molar-refractivity contribution in [1.29, 1.82) is 0 Å². The Hall–Kier alpha value is -2.04. The summed E-state index contributed by atoms with van der Waals surface area (Å²) in [6.45, 7) is 6.01. The third-order valence-corrected chi connectivity index (χ3v) is 5.37. The Kier molecular flexibility index (Phi) is 9.23. The molecule has 0 amide bonds. The lowest BCUT2D eigenvalue weighted by atomic mass is 10.2. The third kappa shape index (κ3) is 6.47. The summed E-state index contributed by atoms with van der Waals surface area (Å²) in [5.41, 5.74) is 0.932. The van der Waals surface area contributed by atoms with E-state index in [1.54, 1.807) is 0 Å². The van der Waals surface area contributed by atoms with Gasteiger partial charge in [-0.2, -0.15) is 0 Å². The van der Waals surface area contributed by atoms with Crippen LogP contribution in [0.4, 0.5) is 5.69 Å². The normalized spacial score (nSPS) is 15.8. The van der Waals surface area contributed by atoms with Gasteiger partial charge in [0.05, 0.1) is 13.2 Å². The molecule has 0 fully saturated rings. The topological polar surface area (TPSA) is 85.6 Å². The molecule has 1 aromatic carbocycles. The van der Waals surface area contributed by atoms with Gasteiger partial charge in [-0.05, 0) is 38.3 Å². The van der Waals surface area contributed by atoms with Crippen LogP contribution in [-0.2, 0) is 19.4 Å². The molecule has 0 aliphatic carbocycles. The minimum atomic E-state index is 0. The number of fused-ring (bicyclic) bond motifs is 2. The highest BCUT2D eigenvalue weighted by Gasteiger charge is 2.14. The number of nitrogens with zero attached hydrogens (tertiary/aromatic N) is 4. The minimum absolute atomic E-state index is 0. The molecule has 2 aromatic rings. The van der Waals surface area contributed by atoms with Crippen LogP contribution in [0, 0.1) is 0 Å². The number of guanidine groups is 1. The number of benzene rings is 1. The first-order chi connectivity index (χ1) is 14.8. The van der Waals surface area contributed by atoms with Gasteiger partial charge in [-0.1, -0.05) is 6.42 Å². The van der Waals surface area contributed by atoms with Crippen LogP contribution in [0.25, 0.3) is 0 Å². The Balaban J connectivity index is 0.00000272. The zero-order chi connectivity index (χ0) is 20.6. The number of aryl methyl sites for hydroxylation is 2. The molecule has 2 aliphatic rings.